The molecule has 7 heteroatoms. The summed E-state index contributed by atoms with van der Waals surface area (Å²) >= 11 is 0. The van der Waals surface area contributed by atoms with Gasteiger partial charge in [0.25, 0.3) is 0 Å². The molecule has 0 saturated heterocycles. The zero-order valence-electron chi connectivity index (χ0n) is 8.31. The number of hydrogen-bond acceptors (Lipinski definition) is 4. The highest BCUT2D eigenvalue weighted by Crippen LogP contribution is 2.25. The maximum absolute atomic E-state index is 12.0. The molecule has 0 aliphatic heterocycles. The van der Waals surface area contributed by atoms with Gasteiger partial charge < -0.3 is 9.84 Å². The fourth-order valence-corrected chi connectivity index (χ4v) is 1.94. The second-order valence-corrected chi connectivity index (χ2v) is 4.98. The van der Waals surface area contributed by atoms with Gasteiger partial charge in [-0.05, 0) is 18.2 Å². The molecule has 0 heterocycles. The number of benzene rings is 1. The molecule has 0 aromatic heterocycles. The summed E-state index contributed by atoms with van der Waals surface area (Å²) < 4.78 is 39.0. The lowest BCUT2D eigenvalue weighted by Crippen LogP contribution is -2.05. The Balaban J connectivity index is 3.39. The summed E-state index contributed by atoms with van der Waals surface area (Å²) in [5, 5.41) is 8.69. The number of sulfone groups is 1. The minimum atomic E-state index is -3.67. The van der Waals surface area contributed by atoms with Crippen LogP contribution in [0.2, 0.25) is 0 Å². The van der Waals surface area contributed by atoms with E-state index in [4.69, 9.17) is 5.11 Å². The zero-order valence-corrected chi connectivity index (χ0v) is 9.12. The van der Waals surface area contributed by atoms with E-state index in [0.717, 1.165) is 24.5 Å². The molecule has 0 saturated carbocycles. The van der Waals surface area contributed by atoms with Gasteiger partial charge in [-0.3, -0.25) is 0 Å². The molecule has 0 aliphatic rings. The smallest absolute Gasteiger partial charge is 0.335 e. The molecule has 16 heavy (non-hydrogen) atoms. The van der Waals surface area contributed by atoms with Crippen LogP contribution in [0.1, 0.15) is 10.4 Å². The summed E-state index contributed by atoms with van der Waals surface area (Å²) in [6.07, 6.45) is 0.888. The van der Waals surface area contributed by atoms with Crippen molar-refractivity contribution in [1.82, 2.24) is 0 Å². The van der Waals surface area contributed by atoms with Gasteiger partial charge in [-0.2, -0.15) is 0 Å². The first-order valence-corrected chi connectivity index (χ1v) is 6.01. The number of halogens is 1. The second kappa shape index (κ2) is 4.48. The number of carboxylic acid groups (broad SMARTS) is 1. The number of alkyl halides is 1. The lowest BCUT2D eigenvalue weighted by atomic mass is 10.2. The monoisotopic (exact) mass is 248 g/mol. The summed E-state index contributed by atoms with van der Waals surface area (Å²) in [6.45, 7) is -1.19. The largest absolute Gasteiger partial charge is 0.478 e. The first-order chi connectivity index (χ1) is 7.36. The Labute approximate surface area is 91.4 Å². The van der Waals surface area contributed by atoms with Crippen molar-refractivity contribution >= 4 is 15.8 Å². The highest BCUT2D eigenvalue weighted by molar-refractivity contribution is 7.90. The van der Waals surface area contributed by atoms with E-state index in [1.165, 1.54) is 0 Å². The van der Waals surface area contributed by atoms with Gasteiger partial charge in [0, 0.05) is 6.26 Å². The van der Waals surface area contributed by atoms with E-state index in [0.29, 0.717) is 0 Å². The topological polar surface area (TPSA) is 80.7 Å². The molecule has 0 aliphatic carbocycles. The molecule has 1 aromatic carbocycles. The van der Waals surface area contributed by atoms with E-state index in [1.54, 1.807) is 0 Å². The van der Waals surface area contributed by atoms with Crippen LogP contribution in [0.5, 0.6) is 5.75 Å². The van der Waals surface area contributed by atoms with Crippen molar-refractivity contribution in [2.75, 3.05) is 13.1 Å². The molecule has 0 bridgehead atoms. The quantitative estimate of drug-likeness (QED) is 0.862. The summed E-state index contributed by atoms with van der Waals surface area (Å²) in [5.74, 6) is -1.47. The number of hydrogen-bond donors (Lipinski definition) is 1. The van der Waals surface area contributed by atoms with E-state index in [2.05, 4.69) is 4.74 Å². The van der Waals surface area contributed by atoms with Crippen molar-refractivity contribution in [1.29, 1.82) is 0 Å². The molecule has 88 valence electrons. The minimum Gasteiger partial charge on any atom is -0.478 e. The van der Waals surface area contributed by atoms with Gasteiger partial charge in [-0.1, -0.05) is 0 Å². The van der Waals surface area contributed by atoms with Gasteiger partial charge >= 0.3 is 5.97 Å². The SMILES string of the molecule is CS(=O)(=O)c1cc(C(=O)O)ccc1OCF. The minimum absolute atomic E-state index is 0.199. The number of rotatable bonds is 4. The number of carboxylic acids is 1. The Bertz CT molecular complexity index is 509. The van der Waals surface area contributed by atoms with E-state index in [1.807, 2.05) is 0 Å². The van der Waals surface area contributed by atoms with Gasteiger partial charge in [0.2, 0.25) is 6.86 Å². The molecular formula is C9H9FO5S. The van der Waals surface area contributed by atoms with E-state index in [-0.39, 0.29) is 16.2 Å². The van der Waals surface area contributed by atoms with Crippen LogP contribution in [0.3, 0.4) is 0 Å². The van der Waals surface area contributed by atoms with E-state index >= 15 is 0 Å². The fourth-order valence-electron chi connectivity index (χ4n) is 1.11. The lowest BCUT2D eigenvalue weighted by molar-refractivity contribution is 0.0696. The van der Waals surface area contributed by atoms with Crippen molar-refractivity contribution in [2.24, 2.45) is 0 Å². The molecule has 0 unspecified atom stereocenters. The number of aromatic carboxylic acids is 1. The van der Waals surface area contributed by atoms with Crippen LogP contribution in [0.15, 0.2) is 23.1 Å². The fraction of sp³-hybridized carbons (Fsp3) is 0.222. The number of carbonyl (C=O) groups is 1. The molecule has 0 fully saturated rings. The summed E-state index contributed by atoms with van der Waals surface area (Å²) in [4.78, 5) is 10.3. The van der Waals surface area contributed by atoms with Crippen molar-refractivity contribution in [3.05, 3.63) is 23.8 Å². The molecule has 0 spiro atoms. The second-order valence-electron chi connectivity index (χ2n) is 2.99. The first kappa shape index (κ1) is 12.4. The Kier molecular flexibility index (Phi) is 3.48. The maximum atomic E-state index is 12.0. The lowest BCUT2D eigenvalue weighted by Gasteiger charge is -2.07. The Morgan fingerprint density at radius 1 is 1.50 bits per heavy atom. The third-order valence-electron chi connectivity index (χ3n) is 1.80. The van der Waals surface area contributed by atoms with Gasteiger partial charge in [0.05, 0.1) is 5.56 Å². The highest BCUT2D eigenvalue weighted by Gasteiger charge is 2.17. The summed E-state index contributed by atoms with van der Waals surface area (Å²) in [5.41, 5.74) is -0.202. The normalized spacial score (nSPS) is 11.1. The van der Waals surface area contributed by atoms with E-state index < -0.39 is 22.7 Å². The van der Waals surface area contributed by atoms with Crippen molar-refractivity contribution < 1.29 is 27.4 Å². The summed E-state index contributed by atoms with van der Waals surface area (Å²) in [6, 6.07) is 3.18. The molecule has 0 radical (unpaired) electrons. The van der Waals surface area contributed by atoms with Crippen LogP contribution >= 0.6 is 0 Å². The molecule has 1 rings (SSSR count). The van der Waals surface area contributed by atoms with Crippen LogP contribution in [0, 0.1) is 0 Å². The van der Waals surface area contributed by atoms with Crippen LogP contribution in [-0.4, -0.2) is 32.6 Å². The Morgan fingerprint density at radius 2 is 2.12 bits per heavy atom. The standard InChI is InChI=1S/C9H9FO5S/c1-16(13,14)8-4-6(9(11)12)2-3-7(8)15-5-10/h2-4H,5H2,1H3,(H,11,12). The molecule has 1 N–H and O–H groups in total. The van der Waals surface area contributed by atoms with Gasteiger partial charge in [0.15, 0.2) is 9.84 Å². The average molecular weight is 248 g/mol. The third kappa shape index (κ3) is 2.69. The number of ether oxygens (including phenoxy) is 1. The predicted molar refractivity (Wildman–Crippen MR) is 53.1 cm³/mol. The van der Waals surface area contributed by atoms with Crippen molar-refractivity contribution in [3.8, 4) is 5.75 Å². The zero-order chi connectivity index (χ0) is 12.3. The molecule has 1 aromatic rings. The average Bonchev–Trinajstić information content (AvgIpc) is 2.16. The third-order valence-corrected chi connectivity index (χ3v) is 2.92. The van der Waals surface area contributed by atoms with Crippen molar-refractivity contribution in [3.63, 3.8) is 0 Å². The molecular weight excluding hydrogens is 239 g/mol. The first-order valence-electron chi connectivity index (χ1n) is 4.12. The summed E-state index contributed by atoms with van der Waals surface area (Å²) in [7, 11) is -3.67. The Morgan fingerprint density at radius 3 is 2.56 bits per heavy atom. The molecule has 5 nitrogen and oxygen atoms in total. The van der Waals surface area contributed by atoms with Gasteiger partial charge in [-0.25, -0.2) is 17.6 Å². The van der Waals surface area contributed by atoms with E-state index in [9.17, 15) is 17.6 Å². The molecule has 0 atom stereocenters. The van der Waals surface area contributed by atoms with Crippen molar-refractivity contribution in [2.45, 2.75) is 4.90 Å². The van der Waals surface area contributed by atoms with Crippen LogP contribution < -0.4 is 4.74 Å². The molecule has 0 amide bonds. The predicted octanol–water partition coefficient (Wildman–Crippen LogP) is 1.09. The van der Waals surface area contributed by atoms with Crippen LogP contribution in [0.25, 0.3) is 0 Å². The van der Waals surface area contributed by atoms with Crippen LogP contribution in [0.4, 0.5) is 4.39 Å². The van der Waals surface area contributed by atoms with Gasteiger partial charge in [-0.15, -0.1) is 0 Å². The Hall–Kier alpha value is -1.63. The maximum Gasteiger partial charge on any atom is 0.335 e. The van der Waals surface area contributed by atoms with Crippen LogP contribution in [-0.2, 0) is 9.84 Å². The van der Waals surface area contributed by atoms with Gasteiger partial charge in [0.1, 0.15) is 10.6 Å². The highest BCUT2D eigenvalue weighted by atomic mass is 32.2.